The van der Waals surface area contributed by atoms with Crippen LogP contribution >= 0.6 is 0 Å². The number of nitrogens with zero attached hydrogens (tertiary/aromatic N) is 1. The van der Waals surface area contributed by atoms with Gasteiger partial charge in [-0.15, -0.1) is 0 Å². The molecule has 1 atom stereocenters. The molecule has 1 unspecified atom stereocenters. The van der Waals surface area contributed by atoms with E-state index in [4.69, 9.17) is 9.84 Å². The van der Waals surface area contributed by atoms with Gasteiger partial charge in [-0.1, -0.05) is 31.5 Å². The molecule has 0 radical (unpaired) electrons. The highest BCUT2D eigenvalue weighted by Crippen LogP contribution is 2.37. The predicted octanol–water partition coefficient (Wildman–Crippen LogP) is 4.76. The van der Waals surface area contributed by atoms with Crippen LogP contribution in [0.15, 0.2) is 48.5 Å². The zero-order chi connectivity index (χ0) is 20.9. The van der Waals surface area contributed by atoms with E-state index in [0.717, 1.165) is 25.9 Å². The lowest BCUT2D eigenvalue weighted by atomic mass is 9.74. The number of carboxylic acids is 1. The molecule has 6 nitrogen and oxygen atoms in total. The minimum absolute atomic E-state index is 0.0525. The number of carbonyl (C=O) groups is 2. The molecule has 1 fully saturated rings. The van der Waals surface area contributed by atoms with Crippen molar-refractivity contribution in [2.24, 2.45) is 0 Å². The lowest BCUT2D eigenvalue weighted by Gasteiger charge is -2.35. The Morgan fingerprint density at radius 3 is 2.72 bits per heavy atom. The van der Waals surface area contributed by atoms with Gasteiger partial charge in [0.25, 0.3) is 0 Å². The molecule has 1 amide bonds. The van der Waals surface area contributed by atoms with E-state index in [1.165, 1.54) is 30.5 Å². The van der Waals surface area contributed by atoms with Crippen molar-refractivity contribution < 1.29 is 19.4 Å². The molecule has 0 aliphatic carbocycles. The number of amides is 1. The first-order chi connectivity index (χ1) is 13.9. The molecular weight excluding hydrogens is 368 g/mol. The highest BCUT2D eigenvalue weighted by Gasteiger charge is 2.33. The van der Waals surface area contributed by atoms with E-state index in [1.807, 2.05) is 12.1 Å². The third kappa shape index (κ3) is 5.15. The molecule has 0 aromatic heterocycles. The van der Waals surface area contributed by atoms with Crippen molar-refractivity contribution in [3.05, 3.63) is 59.7 Å². The highest BCUT2D eigenvalue weighted by molar-refractivity contribution is 5.91. The number of hydrogen-bond donors (Lipinski definition) is 2. The van der Waals surface area contributed by atoms with Crippen LogP contribution in [-0.2, 0) is 5.41 Å². The van der Waals surface area contributed by atoms with E-state index in [0.29, 0.717) is 11.4 Å². The number of likely N-dealkylation sites (N-methyl/N-ethyl adjacent to an activating group) is 1. The molecule has 1 saturated heterocycles. The van der Waals surface area contributed by atoms with Gasteiger partial charge < -0.3 is 14.7 Å². The van der Waals surface area contributed by atoms with Gasteiger partial charge in [-0.05, 0) is 68.8 Å². The second kappa shape index (κ2) is 9.09. The maximum Gasteiger partial charge on any atom is 0.417 e. The van der Waals surface area contributed by atoms with Crippen LogP contribution in [0, 0.1) is 0 Å². The SMILES string of the molecule is CCC1(c2cccc(OC(=O)Nc3cccc(C(=O)O)c3)c2)CCCCN(C)C1. The average Bonchev–Trinajstić information content (AvgIpc) is 2.90. The van der Waals surface area contributed by atoms with E-state index < -0.39 is 12.1 Å². The Morgan fingerprint density at radius 2 is 1.97 bits per heavy atom. The van der Waals surface area contributed by atoms with Crippen LogP contribution in [0.25, 0.3) is 0 Å². The zero-order valence-corrected chi connectivity index (χ0v) is 17.0. The maximum absolute atomic E-state index is 12.3. The monoisotopic (exact) mass is 396 g/mol. The molecular formula is C23H28N2O4. The summed E-state index contributed by atoms with van der Waals surface area (Å²) in [4.78, 5) is 25.8. The second-order valence-corrected chi connectivity index (χ2v) is 7.76. The van der Waals surface area contributed by atoms with Crippen LogP contribution in [0.3, 0.4) is 0 Å². The summed E-state index contributed by atoms with van der Waals surface area (Å²) < 4.78 is 5.49. The van der Waals surface area contributed by atoms with Crippen molar-refractivity contribution in [1.29, 1.82) is 0 Å². The van der Waals surface area contributed by atoms with E-state index in [1.54, 1.807) is 18.2 Å². The van der Waals surface area contributed by atoms with Crippen molar-refractivity contribution in [3.63, 3.8) is 0 Å². The molecule has 1 aliphatic rings. The minimum atomic E-state index is -1.05. The summed E-state index contributed by atoms with van der Waals surface area (Å²) in [6, 6.07) is 13.8. The van der Waals surface area contributed by atoms with Gasteiger partial charge >= 0.3 is 12.1 Å². The van der Waals surface area contributed by atoms with Crippen molar-refractivity contribution in [3.8, 4) is 5.75 Å². The van der Waals surface area contributed by atoms with E-state index in [-0.39, 0.29) is 11.0 Å². The van der Waals surface area contributed by atoms with Crippen LogP contribution in [0.4, 0.5) is 10.5 Å². The average molecular weight is 396 g/mol. The van der Waals surface area contributed by atoms with Crippen molar-refractivity contribution in [1.82, 2.24) is 4.90 Å². The number of hydrogen-bond acceptors (Lipinski definition) is 4. The molecule has 2 N–H and O–H groups in total. The zero-order valence-electron chi connectivity index (χ0n) is 17.0. The number of carbonyl (C=O) groups excluding carboxylic acids is 1. The number of anilines is 1. The third-order valence-corrected chi connectivity index (χ3v) is 5.71. The number of nitrogens with one attached hydrogen (secondary N) is 1. The number of carboxylic acid groups (broad SMARTS) is 1. The fourth-order valence-corrected chi connectivity index (χ4v) is 4.12. The summed E-state index contributed by atoms with van der Waals surface area (Å²) in [7, 11) is 2.16. The lowest BCUT2D eigenvalue weighted by Crippen LogP contribution is -2.37. The summed E-state index contributed by atoms with van der Waals surface area (Å²) in [6.07, 6.45) is 3.88. The van der Waals surface area contributed by atoms with Gasteiger partial charge in [-0.3, -0.25) is 5.32 Å². The molecule has 0 saturated carbocycles. The van der Waals surface area contributed by atoms with Gasteiger partial charge in [0.15, 0.2) is 0 Å². The summed E-state index contributed by atoms with van der Waals surface area (Å²) in [5.41, 5.74) is 1.72. The standard InChI is InChI=1S/C23H28N2O4/c1-3-23(12-4-5-13-25(2)16-23)18-9-7-11-20(15-18)29-22(28)24-19-10-6-8-17(14-19)21(26)27/h6-11,14-15H,3-5,12-13,16H2,1-2H3,(H,24,28)(H,26,27). The van der Waals surface area contributed by atoms with Crippen LogP contribution in [0.5, 0.6) is 5.75 Å². The van der Waals surface area contributed by atoms with Crippen molar-refractivity contribution in [2.75, 3.05) is 25.5 Å². The Morgan fingerprint density at radius 1 is 1.17 bits per heavy atom. The lowest BCUT2D eigenvalue weighted by molar-refractivity contribution is 0.0697. The second-order valence-electron chi connectivity index (χ2n) is 7.76. The normalized spacial score (nSPS) is 19.9. The molecule has 2 aromatic rings. The number of aromatic carboxylic acids is 1. The first kappa shape index (κ1) is 20.9. The number of ether oxygens (including phenoxy) is 1. The van der Waals surface area contributed by atoms with Gasteiger partial charge in [0, 0.05) is 17.6 Å². The fraction of sp³-hybridized carbons (Fsp3) is 0.391. The minimum Gasteiger partial charge on any atom is -0.478 e. The highest BCUT2D eigenvalue weighted by atomic mass is 16.6. The summed E-state index contributed by atoms with van der Waals surface area (Å²) in [5.74, 6) is -0.568. The van der Waals surface area contributed by atoms with Crippen LogP contribution in [0.2, 0.25) is 0 Å². The van der Waals surface area contributed by atoms with Gasteiger partial charge in [0.2, 0.25) is 0 Å². The molecule has 0 spiro atoms. The number of benzene rings is 2. The molecule has 154 valence electrons. The van der Waals surface area contributed by atoms with Gasteiger partial charge in [-0.25, -0.2) is 9.59 Å². The van der Waals surface area contributed by atoms with E-state index in [2.05, 4.69) is 30.3 Å². The Labute approximate surface area is 171 Å². The Hall–Kier alpha value is -2.86. The third-order valence-electron chi connectivity index (χ3n) is 5.71. The largest absolute Gasteiger partial charge is 0.478 e. The van der Waals surface area contributed by atoms with E-state index in [9.17, 15) is 9.59 Å². The van der Waals surface area contributed by atoms with Crippen LogP contribution < -0.4 is 10.1 Å². The molecule has 0 bridgehead atoms. The Balaban J connectivity index is 1.74. The molecule has 29 heavy (non-hydrogen) atoms. The first-order valence-electron chi connectivity index (χ1n) is 10.0. The quantitative estimate of drug-likeness (QED) is 0.762. The van der Waals surface area contributed by atoms with Gasteiger partial charge in [0.1, 0.15) is 5.75 Å². The molecule has 1 heterocycles. The Bertz CT molecular complexity index is 883. The van der Waals surface area contributed by atoms with Crippen LogP contribution in [0.1, 0.15) is 48.5 Å². The van der Waals surface area contributed by atoms with Crippen molar-refractivity contribution >= 4 is 17.7 Å². The first-order valence-corrected chi connectivity index (χ1v) is 10.0. The topological polar surface area (TPSA) is 78.9 Å². The smallest absolute Gasteiger partial charge is 0.417 e. The summed E-state index contributed by atoms with van der Waals surface area (Å²) >= 11 is 0. The van der Waals surface area contributed by atoms with Gasteiger partial charge in [0.05, 0.1) is 5.56 Å². The molecule has 1 aliphatic heterocycles. The fourth-order valence-electron chi connectivity index (χ4n) is 4.12. The predicted molar refractivity (Wildman–Crippen MR) is 113 cm³/mol. The van der Waals surface area contributed by atoms with Crippen molar-refractivity contribution in [2.45, 2.75) is 38.0 Å². The summed E-state index contributed by atoms with van der Waals surface area (Å²) in [6.45, 7) is 4.31. The molecule has 6 heteroatoms. The maximum atomic E-state index is 12.3. The van der Waals surface area contributed by atoms with Gasteiger partial charge in [-0.2, -0.15) is 0 Å². The Kier molecular flexibility index (Phi) is 6.54. The molecule has 3 rings (SSSR count). The number of rotatable bonds is 5. The molecule has 2 aromatic carbocycles. The van der Waals surface area contributed by atoms with Crippen LogP contribution in [-0.4, -0.2) is 42.2 Å². The van der Waals surface area contributed by atoms with E-state index >= 15 is 0 Å². The summed E-state index contributed by atoms with van der Waals surface area (Å²) in [5, 5.41) is 11.7. The number of likely N-dealkylation sites (tertiary alicyclic amines) is 1.